The summed E-state index contributed by atoms with van der Waals surface area (Å²) in [5.74, 6) is -0.333. The molecule has 2 aromatic carbocycles. The number of ether oxygens (including phenoxy) is 2. The highest BCUT2D eigenvalue weighted by atomic mass is 32.2. The van der Waals surface area contributed by atoms with Gasteiger partial charge in [0.05, 0.1) is 17.1 Å². The van der Waals surface area contributed by atoms with Gasteiger partial charge in [0.15, 0.2) is 0 Å². The van der Waals surface area contributed by atoms with E-state index in [-0.39, 0.29) is 23.8 Å². The third kappa shape index (κ3) is 6.23. The molecule has 0 aliphatic rings. The van der Waals surface area contributed by atoms with Crippen molar-refractivity contribution in [3.63, 3.8) is 0 Å². The van der Waals surface area contributed by atoms with Gasteiger partial charge in [-0.1, -0.05) is 6.07 Å². The van der Waals surface area contributed by atoms with Crippen molar-refractivity contribution in [2.75, 3.05) is 16.6 Å². The van der Waals surface area contributed by atoms with Crippen molar-refractivity contribution in [3.05, 3.63) is 79.1 Å². The summed E-state index contributed by atoms with van der Waals surface area (Å²) >= 11 is 0. The van der Waals surface area contributed by atoms with Crippen molar-refractivity contribution in [1.82, 2.24) is 23.9 Å². The molecule has 0 radical (unpaired) electrons. The number of hydrogen-bond acceptors (Lipinski definition) is 9. The number of nitrogens with one attached hydrogen (secondary N) is 2. The molecule has 0 bridgehead atoms. The van der Waals surface area contributed by atoms with Gasteiger partial charge in [0.2, 0.25) is 6.39 Å². The van der Waals surface area contributed by atoms with E-state index in [9.17, 15) is 21.6 Å². The van der Waals surface area contributed by atoms with Crippen LogP contribution in [-0.4, -0.2) is 45.2 Å². The Morgan fingerprint density at radius 2 is 1.90 bits per heavy atom. The Hall–Kier alpha value is -4.73. The lowest BCUT2D eigenvalue weighted by molar-refractivity contribution is -0.274. The number of nitrogens with zero attached hydrogens (tertiary/aromatic N) is 5. The molecular formula is C23H20F3N7O5S. The number of alkyl halides is 3. The van der Waals surface area contributed by atoms with Crippen LogP contribution in [0.3, 0.4) is 0 Å². The fourth-order valence-electron chi connectivity index (χ4n) is 3.73. The fraction of sp³-hybridized carbons (Fsp3) is 0.174. The first-order chi connectivity index (χ1) is 18.7. The van der Waals surface area contributed by atoms with Crippen LogP contribution in [0, 0.1) is 0 Å². The van der Waals surface area contributed by atoms with Crippen molar-refractivity contribution >= 4 is 32.7 Å². The van der Waals surface area contributed by atoms with Gasteiger partial charge in [-0.05, 0) is 41.6 Å². The van der Waals surface area contributed by atoms with Gasteiger partial charge in [0.25, 0.3) is 5.95 Å². The van der Waals surface area contributed by atoms with Gasteiger partial charge >= 0.3 is 16.6 Å². The molecule has 3 heterocycles. The van der Waals surface area contributed by atoms with Gasteiger partial charge in [0, 0.05) is 42.8 Å². The zero-order valence-corrected chi connectivity index (χ0v) is 20.7. The summed E-state index contributed by atoms with van der Waals surface area (Å²) in [6.45, 7) is 0.948. The first-order valence-corrected chi connectivity index (χ1v) is 12.7. The maximum absolute atomic E-state index is 12.8. The summed E-state index contributed by atoms with van der Waals surface area (Å²) in [6.07, 6.45) is 1.18. The molecule has 204 valence electrons. The van der Waals surface area contributed by atoms with Gasteiger partial charge in [-0.15, -0.1) is 17.3 Å². The summed E-state index contributed by atoms with van der Waals surface area (Å²) in [6, 6.07) is 12.4. The molecule has 0 fully saturated rings. The molecule has 0 aliphatic heterocycles. The minimum atomic E-state index is -4.84. The topological polar surface area (TPSA) is 138 Å². The Kier molecular flexibility index (Phi) is 7.02. The van der Waals surface area contributed by atoms with Crippen molar-refractivity contribution in [2.45, 2.75) is 19.5 Å². The van der Waals surface area contributed by atoms with Crippen LogP contribution in [0.15, 0.2) is 78.0 Å². The lowest BCUT2D eigenvalue weighted by Gasteiger charge is -2.16. The maximum Gasteiger partial charge on any atom is 0.573 e. The Balaban J connectivity index is 1.36. The molecule has 0 amide bonds. The van der Waals surface area contributed by atoms with Gasteiger partial charge in [0.1, 0.15) is 18.1 Å². The van der Waals surface area contributed by atoms with Crippen LogP contribution in [0.25, 0.3) is 10.9 Å². The Morgan fingerprint density at radius 3 is 2.64 bits per heavy atom. The lowest BCUT2D eigenvalue weighted by atomic mass is 10.1. The second-order valence-electron chi connectivity index (χ2n) is 8.04. The molecule has 0 aliphatic carbocycles. The first kappa shape index (κ1) is 25.9. The number of halogens is 3. The number of fused-ring (bicyclic) bond motifs is 1. The zero-order chi connectivity index (χ0) is 27.5. The predicted molar refractivity (Wildman–Crippen MR) is 132 cm³/mol. The number of anilines is 2. The van der Waals surface area contributed by atoms with Crippen LogP contribution in [0.1, 0.15) is 5.56 Å². The summed E-state index contributed by atoms with van der Waals surface area (Å²) in [7, 11) is -4.21. The summed E-state index contributed by atoms with van der Waals surface area (Å²) in [5.41, 5.74) is 1.15. The van der Waals surface area contributed by atoms with Crippen molar-refractivity contribution in [3.8, 4) is 11.5 Å². The molecule has 2 N–H and O–H groups in total. The summed E-state index contributed by atoms with van der Waals surface area (Å²) < 4.78 is 83.2. The number of rotatable bonds is 11. The minimum Gasteiger partial charge on any atom is -0.488 e. The van der Waals surface area contributed by atoms with E-state index in [1.165, 1.54) is 30.5 Å². The SMILES string of the molecule is O=S(=O)(Nc1ncon1)n1ncc2c(OCc3ccc(OC(F)(F)F)cc3NCCn3cccc3)cccc21. The third-order valence-corrected chi connectivity index (χ3v) is 6.59. The van der Waals surface area contributed by atoms with Gasteiger partial charge in [-0.3, -0.25) is 0 Å². The number of benzene rings is 2. The molecule has 16 heteroatoms. The Morgan fingerprint density at radius 1 is 1.08 bits per heavy atom. The predicted octanol–water partition coefficient (Wildman–Crippen LogP) is 4.02. The highest BCUT2D eigenvalue weighted by Crippen LogP contribution is 2.31. The molecule has 5 aromatic rings. The smallest absolute Gasteiger partial charge is 0.488 e. The van der Waals surface area contributed by atoms with Crippen LogP contribution < -0.4 is 19.5 Å². The van der Waals surface area contributed by atoms with Gasteiger partial charge in [-0.25, -0.2) is 4.72 Å². The average Bonchev–Trinajstić information content (AvgIpc) is 3.65. The molecule has 3 aromatic heterocycles. The van der Waals surface area contributed by atoms with E-state index in [4.69, 9.17) is 4.74 Å². The van der Waals surface area contributed by atoms with Crippen LogP contribution in [0.2, 0.25) is 0 Å². The van der Waals surface area contributed by atoms with Gasteiger partial charge in [-0.2, -0.15) is 18.5 Å². The molecule has 0 spiro atoms. The summed E-state index contributed by atoms with van der Waals surface area (Å²) in [4.78, 5) is 3.63. The van der Waals surface area contributed by atoms with E-state index in [2.05, 4.69) is 34.5 Å². The van der Waals surface area contributed by atoms with Crippen molar-refractivity contribution in [2.24, 2.45) is 0 Å². The monoisotopic (exact) mass is 563 g/mol. The second kappa shape index (κ2) is 10.6. The van der Waals surface area contributed by atoms with Crippen molar-refractivity contribution < 1.29 is 35.6 Å². The molecule has 0 saturated carbocycles. The quantitative estimate of drug-likeness (QED) is 0.244. The number of aromatic nitrogens is 5. The van der Waals surface area contributed by atoms with Crippen LogP contribution in [0.5, 0.6) is 11.5 Å². The second-order valence-corrected chi connectivity index (χ2v) is 9.54. The lowest BCUT2D eigenvalue weighted by Crippen LogP contribution is -2.23. The molecular weight excluding hydrogens is 543 g/mol. The van der Waals surface area contributed by atoms with Crippen LogP contribution >= 0.6 is 0 Å². The highest BCUT2D eigenvalue weighted by Gasteiger charge is 2.31. The van der Waals surface area contributed by atoms with E-state index < -0.39 is 16.6 Å². The van der Waals surface area contributed by atoms with Gasteiger partial charge < -0.3 is 23.9 Å². The van der Waals surface area contributed by atoms with E-state index in [1.54, 1.807) is 12.1 Å². The summed E-state index contributed by atoms with van der Waals surface area (Å²) in [5, 5.41) is 10.9. The first-order valence-electron chi connectivity index (χ1n) is 11.3. The fourth-order valence-corrected chi connectivity index (χ4v) is 4.73. The molecule has 39 heavy (non-hydrogen) atoms. The van der Waals surface area contributed by atoms with Crippen LogP contribution in [-0.2, 0) is 23.4 Å². The normalized spacial score (nSPS) is 12.0. The molecule has 12 nitrogen and oxygen atoms in total. The average molecular weight is 564 g/mol. The van der Waals surface area contributed by atoms with E-state index in [1.807, 2.05) is 29.1 Å². The Bertz CT molecular complexity index is 1650. The Labute approximate surface area is 219 Å². The molecule has 0 saturated heterocycles. The third-order valence-electron chi connectivity index (χ3n) is 5.40. The highest BCUT2D eigenvalue weighted by molar-refractivity contribution is 7.91. The zero-order valence-electron chi connectivity index (χ0n) is 19.9. The standard InChI is InChI=1S/C23H20F3N7O5S/c24-23(25,26)38-17-7-6-16(19(12-17)27-8-11-32-9-1-2-10-32)14-36-21-5-3-4-20-18(21)13-29-33(20)39(34,35)31-22-28-15-37-30-22/h1-7,9-10,12-13,15,27H,8,11,14H2,(H,30,31). The van der Waals surface area contributed by atoms with E-state index in [0.29, 0.717) is 35.5 Å². The molecule has 0 atom stereocenters. The number of hydrogen-bond donors (Lipinski definition) is 2. The van der Waals surface area contributed by atoms with Crippen LogP contribution in [0.4, 0.5) is 24.8 Å². The largest absolute Gasteiger partial charge is 0.573 e. The van der Waals surface area contributed by atoms with Crippen molar-refractivity contribution in [1.29, 1.82) is 0 Å². The molecule has 0 unspecified atom stereocenters. The molecule has 5 rings (SSSR count). The maximum atomic E-state index is 12.8. The minimum absolute atomic E-state index is 0.0453. The van der Waals surface area contributed by atoms with E-state index >= 15 is 0 Å². The van der Waals surface area contributed by atoms with E-state index in [0.717, 1.165) is 10.5 Å².